The zero-order chi connectivity index (χ0) is 11.2. The van der Waals surface area contributed by atoms with Gasteiger partial charge in [0.2, 0.25) is 0 Å². The Morgan fingerprint density at radius 3 is 2.60 bits per heavy atom. The second-order valence-corrected chi connectivity index (χ2v) is 4.07. The standard InChI is InChI=1S/C9H6BrF3N2/c1-15-8-5(4-14-15)2-6(10)3-7(8)9(11,12)13/h2-4H,1H3. The van der Waals surface area contributed by atoms with Gasteiger partial charge in [0.05, 0.1) is 17.3 Å². The van der Waals surface area contributed by atoms with E-state index in [4.69, 9.17) is 0 Å². The number of hydrogen-bond acceptors (Lipinski definition) is 1. The average Bonchev–Trinajstić information content (AvgIpc) is 2.44. The summed E-state index contributed by atoms with van der Waals surface area (Å²) < 4.78 is 39.7. The molecule has 15 heavy (non-hydrogen) atoms. The van der Waals surface area contributed by atoms with E-state index >= 15 is 0 Å². The number of halogens is 4. The highest BCUT2D eigenvalue weighted by Gasteiger charge is 2.34. The Labute approximate surface area is 91.8 Å². The van der Waals surface area contributed by atoms with Gasteiger partial charge in [-0.15, -0.1) is 0 Å². The molecule has 0 aliphatic carbocycles. The Bertz CT molecular complexity index is 516. The summed E-state index contributed by atoms with van der Waals surface area (Å²) in [6, 6.07) is 2.67. The molecule has 0 atom stereocenters. The molecule has 0 saturated carbocycles. The fraction of sp³-hybridized carbons (Fsp3) is 0.222. The maximum atomic E-state index is 12.7. The summed E-state index contributed by atoms with van der Waals surface area (Å²) in [4.78, 5) is 0. The van der Waals surface area contributed by atoms with Gasteiger partial charge in [0.25, 0.3) is 0 Å². The van der Waals surface area contributed by atoms with Gasteiger partial charge in [-0.1, -0.05) is 15.9 Å². The van der Waals surface area contributed by atoms with Gasteiger partial charge in [-0.25, -0.2) is 0 Å². The van der Waals surface area contributed by atoms with E-state index in [0.29, 0.717) is 9.86 Å². The van der Waals surface area contributed by atoms with Gasteiger partial charge in [-0.2, -0.15) is 18.3 Å². The lowest BCUT2D eigenvalue weighted by Gasteiger charge is -2.09. The molecule has 0 N–H and O–H groups in total. The third-order valence-corrected chi connectivity index (χ3v) is 2.56. The summed E-state index contributed by atoms with van der Waals surface area (Å²) >= 11 is 3.05. The number of alkyl halides is 3. The van der Waals surface area contributed by atoms with E-state index in [1.807, 2.05) is 0 Å². The number of hydrogen-bond donors (Lipinski definition) is 0. The van der Waals surface area contributed by atoms with Gasteiger partial charge in [0.1, 0.15) is 0 Å². The molecule has 1 aromatic carbocycles. The van der Waals surface area contributed by atoms with Crippen molar-refractivity contribution in [3.05, 3.63) is 28.4 Å². The topological polar surface area (TPSA) is 17.8 Å². The van der Waals surface area contributed by atoms with Crippen LogP contribution >= 0.6 is 15.9 Å². The summed E-state index contributed by atoms with van der Waals surface area (Å²) in [6.07, 6.45) is -2.95. The van der Waals surface area contributed by atoms with Crippen molar-refractivity contribution in [3.8, 4) is 0 Å². The van der Waals surface area contributed by atoms with Crippen molar-refractivity contribution >= 4 is 26.8 Å². The zero-order valence-corrected chi connectivity index (χ0v) is 9.22. The van der Waals surface area contributed by atoms with Crippen LogP contribution in [0.5, 0.6) is 0 Å². The second-order valence-electron chi connectivity index (χ2n) is 3.16. The summed E-state index contributed by atoms with van der Waals surface area (Å²) in [5, 5.41) is 4.28. The van der Waals surface area contributed by atoms with Crippen molar-refractivity contribution in [2.45, 2.75) is 6.18 Å². The van der Waals surface area contributed by atoms with Gasteiger partial charge in [0, 0.05) is 16.9 Å². The van der Waals surface area contributed by atoms with Crippen LogP contribution in [0.2, 0.25) is 0 Å². The van der Waals surface area contributed by atoms with Gasteiger partial charge < -0.3 is 0 Å². The first-order valence-corrected chi connectivity index (χ1v) is 4.87. The molecule has 0 bridgehead atoms. The number of nitrogens with zero attached hydrogens (tertiary/aromatic N) is 2. The SMILES string of the molecule is Cn1ncc2cc(Br)cc(C(F)(F)F)c21. The van der Waals surface area contributed by atoms with Crippen LogP contribution in [0.1, 0.15) is 5.56 Å². The smallest absolute Gasteiger partial charge is 0.267 e. The monoisotopic (exact) mass is 278 g/mol. The molecule has 0 amide bonds. The summed E-state index contributed by atoms with van der Waals surface area (Å²) in [5.74, 6) is 0. The molecule has 0 unspecified atom stereocenters. The van der Waals surface area contributed by atoms with Crippen molar-refractivity contribution in [1.29, 1.82) is 0 Å². The first kappa shape index (κ1) is 10.5. The summed E-state index contributed by atoms with van der Waals surface area (Å²) in [5.41, 5.74) is -0.572. The number of aryl methyl sites for hydroxylation is 1. The van der Waals surface area contributed by atoms with Crippen molar-refractivity contribution in [2.24, 2.45) is 7.05 Å². The lowest BCUT2D eigenvalue weighted by atomic mass is 10.1. The van der Waals surface area contributed by atoms with Gasteiger partial charge in [-0.05, 0) is 12.1 Å². The minimum atomic E-state index is -4.37. The van der Waals surface area contributed by atoms with Crippen LogP contribution in [0.3, 0.4) is 0 Å². The van der Waals surface area contributed by atoms with Crippen molar-refractivity contribution in [1.82, 2.24) is 9.78 Å². The van der Waals surface area contributed by atoms with E-state index in [0.717, 1.165) is 6.07 Å². The maximum absolute atomic E-state index is 12.7. The molecule has 0 aliphatic heterocycles. The van der Waals surface area contributed by atoms with Gasteiger partial charge >= 0.3 is 6.18 Å². The minimum absolute atomic E-state index is 0.103. The van der Waals surface area contributed by atoms with Crippen LogP contribution in [0, 0.1) is 0 Å². The largest absolute Gasteiger partial charge is 0.418 e. The van der Waals surface area contributed by atoms with E-state index in [2.05, 4.69) is 21.0 Å². The normalized spacial score (nSPS) is 12.3. The van der Waals surface area contributed by atoms with Gasteiger partial charge in [0.15, 0.2) is 0 Å². The average molecular weight is 279 g/mol. The van der Waals surface area contributed by atoms with Crippen LogP contribution in [-0.2, 0) is 13.2 Å². The molecule has 2 aromatic rings. The highest BCUT2D eigenvalue weighted by atomic mass is 79.9. The lowest BCUT2D eigenvalue weighted by Crippen LogP contribution is -2.08. The van der Waals surface area contributed by atoms with Gasteiger partial charge in [-0.3, -0.25) is 4.68 Å². The molecule has 0 spiro atoms. The predicted octanol–water partition coefficient (Wildman–Crippen LogP) is 3.35. The molecule has 1 aromatic heterocycles. The Kier molecular flexibility index (Phi) is 2.26. The Morgan fingerprint density at radius 1 is 1.33 bits per heavy atom. The van der Waals surface area contributed by atoms with Crippen molar-refractivity contribution in [2.75, 3.05) is 0 Å². The van der Waals surface area contributed by atoms with E-state index in [1.54, 1.807) is 6.07 Å². The first-order chi connectivity index (χ1) is 6.89. The highest BCUT2D eigenvalue weighted by Crippen LogP contribution is 2.36. The van der Waals surface area contributed by atoms with E-state index in [-0.39, 0.29) is 5.52 Å². The predicted molar refractivity (Wildman–Crippen MR) is 53.4 cm³/mol. The lowest BCUT2D eigenvalue weighted by molar-refractivity contribution is -0.136. The number of aromatic nitrogens is 2. The summed E-state index contributed by atoms with van der Waals surface area (Å²) in [7, 11) is 1.49. The number of rotatable bonds is 0. The zero-order valence-electron chi connectivity index (χ0n) is 7.64. The van der Waals surface area contributed by atoms with Crippen LogP contribution in [-0.4, -0.2) is 9.78 Å². The molecule has 0 radical (unpaired) electrons. The molecule has 80 valence electrons. The molecule has 0 fully saturated rings. The fourth-order valence-corrected chi connectivity index (χ4v) is 1.98. The Hall–Kier alpha value is -1.04. The Morgan fingerprint density at radius 2 is 2.00 bits per heavy atom. The molecule has 1 heterocycles. The van der Waals surface area contributed by atoms with E-state index in [9.17, 15) is 13.2 Å². The third-order valence-electron chi connectivity index (χ3n) is 2.10. The second kappa shape index (κ2) is 3.23. The fourth-order valence-electron chi connectivity index (χ4n) is 1.50. The van der Waals surface area contributed by atoms with Crippen molar-refractivity contribution in [3.63, 3.8) is 0 Å². The molecule has 0 saturated heterocycles. The van der Waals surface area contributed by atoms with Crippen LogP contribution < -0.4 is 0 Å². The Balaban J connectivity index is 2.87. The summed E-state index contributed by atoms with van der Waals surface area (Å²) in [6.45, 7) is 0. The molecule has 0 aliphatic rings. The first-order valence-electron chi connectivity index (χ1n) is 4.08. The van der Waals surface area contributed by atoms with Crippen LogP contribution in [0.25, 0.3) is 10.9 Å². The minimum Gasteiger partial charge on any atom is -0.267 e. The number of benzene rings is 1. The molecule has 2 nitrogen and oxygen atoms in total. The van der Waals surface area contributed by atoms with Crippen LogP contribution in [0.15, 0.2) is 22.8 Å². The maximum Gasteiger partial charge on any atom is 0.418 e. The van der Waals surface area contributed by atoms with E-state index < -0.39 is 11.7 Å². The third kappa shape index (κ3) is 1.73. The quantitative estimate of drug-likeness (QED) is 0.723. The van der Waals surface area contributed by atoms with E-state index in [1.165, 1.54) is 17.9 Å². The number of fused-ring (bicyclic) bond motifs is 1. The van der Waals surface area contributed by atoms with Crippen molar-refractivity contribution < 1.29 is 13.2 Å². The molecule has 2 rings (SSSR count). The molecular weight excluding hydrogens is 273 g/mol. The highest BCUT2D eigenvalue weighted by molar-refractivity contribution is 9.10. The molecule has 6 heteroatoms. The van der Waals surface area contributed by atoms with Crippen LogP contribution in [0.4, 0.5) is 13.2 Å². The molecular formula is C9H6BrF3N2.